The molecule has 21 heavy (non-hydrogen) atoms. The molecule has 2 aliphatic rings. The number of carbonyl (C=O) groups is 1. The fourth-order valence-corrected chi connectivity index (χ4v) is 4.20. The summed E-state index contributed by atoms with van der Waals surface area (Å²) in [5.74, 6) is 3.16. The molecular weight excluding hydrogens is 266 g/mol. The minimum atomic E-state index is -0.400. The molecule has 1 N–H and O–H groups in total. The first-order chi connectivity index (χ1) is 10.2. The average molecular weight is 291 g/mol. The van der Waals surface area contributed by atoms with Crippen LogP contribution in [0.3, 0.4) is 0 Å². The molecule has 0 aliphatic heterocycles. The summed E-state index contributed by atoms with van der Waals surface area (Å²) in [6.07, 6.45) is 6.51. The topological polar surface area (TPSA) is 51.5 Å². The van der Waals surface area contributed by atoms with Crippen molar-refractivity contribution in [1.82, 2.24) is 5.32 Å². The molecule has 2 fully saturated rings. The Balaban J connectivity index is 1.78. The van der Waals surface area contributed by atoms with E-state index in [2.05, 4.69) is 12.2 Å². The largest absolute Gasteiger partial charge is 0.463 e. The number of methoxy groups -OCH3 is 1. The molecule has 0 aromatic carbocycles. The predicted octanol–water partition coefficient (Wildman–Crippen LogP) is 3.54. The molecule has 3 rings (SSSR count). The van der Waals surface area contributed by atoms with Crippen LogP contribution in [0.25, 0.3) is 0 Å². The highest BCUT2D eigenvalue weighted by molar-refractivity contribution is 5.86. The van der Waals surface area contributed by atoms with E-state index in [1.54, 1.807) is 6.07 Å². The highest BCUT2D eigenvalue weighted by atomic mass is 16.5. The Bertz CT molecular complexity index is 496. The Kier molecular flexibility index (Phi) is 4.34. The van der Waals surface area contributed by atoms with Crippen molar-refractivity contribution in [2.45, 2.75) is 45.1 Å². The predicted molar refractivity (Wildman–Crippen MR) is 80.0 cm³/mol. The molecule has 4 heteroatoms. The number of ether oxygens (including phenoxy) is 1. The highest BCUT2D eigenvalue weighted by Crippen LogP contribution is 2.52. The molecular formula is C17H25NO3. The van der Waals surface area contributed by atoms with Crippen LogP contribution in [0.15, 0.2) is 16.5 Å². The van der Waals surface area contributed by atoms with Gasteiger partial charge in [-0.3, -0.25) is 0 Å². The van der Waals surface area contributed by atoms with Gasteiger partial charge in [-0.2, -0.15) is 0 Å². The van der Waals surface area contributed by atoms with Crippen molar-refractivity contribution in [3.63, 3.8) is 0 Å². The van der Waals surface area contributed by atoms with Gasteiger partial charge < -0.3 is 14.5 Å². The average Bonchev–Trinajstić information content (AvgIpc) is 3.23. The van der Waals surface area contributed by atoms with Crippen molar-refractivity contribution < 1.29 is 13.9 Å². The van der Waals surface area contributed by atoms with Gasteiger partial charge in [-0.1, -0.05) is 13.3 Å². The monoisotopic (exact) mass is 291 g/mol. The van der Waals surface area contributed by atoms with Gasteiger partial charge in [0.15, 0.2) is 0 Å². The van der Waals surface area contributed by atoms with Crippen LogP contribution in [0.4, 0.5) is 0 Å². The third-order valence-corrected chi connectivity index (χ3v) is 5.16. The Morgan fingerprint density at radius 1 is 1.43 bits per heavy atom. The van der Waals surface area contributed by atoms with E-state index in [0.29, 0.717) is 11.7 Å². The van der Waals surface area contributed by atoms with Gasteiger partial charge in [0, 0.05) is 0 Å². The third-order valence-electron chi connectivity index (χ3n) is 5.16. The van der Waals surface area contributed by atoms with Crippen molar-refractivity contribution in [3.8, 4) is 0 Å². The van der Waals surface area contributed by atoms with Gasteiger partial charge in [0.25, 0.3) is 0 Å². The molecule has 2 saturated carbocycles. The third kappa shape index (κ3) is 2.86. The molecule has 1 heterocycles. The van der Waals surface area contributed by atoms with E-state index in [1.165, 1.54) is 32.8 Å². The molecule has 1 aromatic heterocycles. The highest BCUT2D eigenvalue weighted by Gasteiger charge is 2.44. The van der Waals surface area contributed by atoms with Crippen LogP contribution < -0.4 is 5.32 Å². The first kappa shape index (κ1) is 14.6. The molecule has 4 atom stereocenters. The standard InChI is InChI=1S/C17H25NO3/c1-3-8-18-16(13-10-11-4-5-12(13)9-11)14-6-7-15(21-14)17(19)20-2/h6-7,11-13,16,18H,3-5,8-10H2,1-2H3. The quantitative estimate of drug-likeness (QED) is 0.814. The van der Waals surface area contributed by atoms with E-state index >= 15 is 0 Å². The van der Waals surface area contributed by atoms with Crippen molar-refractivity contribution >= 4 is 5.97 Å². The van der Waals surface area contributed by atoms with Gasteiger partial charge in [-0.25, -0.2) is 4.79 Å². The summed E-state index contributed by atoms with van der Waals surface area (Å²) in [5.41, 5.74) is 0. The number of fused-ring (bicyclic) bond motifs is 2. The van der Waals surface area contributed by atoms with Gasteiger partial charge in [-0.05, 0) is 62.1 Å². The summed E-state index contributed by atoms with van der Waals surface area (Å²) >= 11 is 0. The second-order valence-corrected chi connectivity index (χ2v) is 6.46. The first-order valence-corrected chi connectivity index (χ1v) is 8.14. The lowest BCUT2D eigenvalue weighted by molar-refractivity contribution is 0.0560. The smallest absolute Gasteiger partial charge is 0.373 e. The summed E-state index contributed by atoms with van der Waals surface area (Å²) in [6, 6.07) is 3.90. The maximum absolute atomic E-state index is 11.6. The fourth-order valence-electron chi connectivity index (χ4n) is 4.20. The van der Waals surface area contributed by atoms with Crippen LogP contribution in [0.2, 0.25) is 0 Å². The van der Waals surface area contributed by atoms with Crippen molar-refractivity contribution in [3.05, 3.63) is 23.7 Å². The molecule has 0 spiro atoms. The van der Waals surface area contributed by atoms with Crippen LogP contribution in [0.1, 0.15) is 61.4 Å². The fraction of sp³-hybridized carbons (Fsp3) is 0.706. The second kappa shape index (κ2) is 6.22. The lowest BCUT2D eigenvalue weighted by Gasteiger charge is -2.30. The number of nitrogens with one attached hydrogen (secondary N) is 1. The van der Waals surface area contributed by atoms with E-state index in [4.69, 9.17) is 9.15 Å². The zero-order chi connectivity index (χ0) is 14.8. The number of hydrogen-bond acceptors (Lipinski definition) is 4. The Labute approximate surface area is 126 Å². The Hall–Kier alpha value is -1.29. The Morgan fingerprint density at radius 2 is 2.29 bits per heavy atom. The van der Waals surface area contributed by atoms with Gasteiger partial charge in [0.05, 0.1) is 13.2 Å². The van der Waals surface area contributed by atoms with E-state index in [9.17, 15) is 4.79 Å². The molecule has 116 valence electrons. The van der Waals surface area contributed by atoms with E-state index < -0.39 is 5.97 Å². The Morgan fingerprint density at radius 3 is 2.90 bits per heavy atom. The van der Waals surface area contributed by atoms with E-state index in [0.717, 1.165) is 30.6 Å². The van der Waals surface area contributed by atoms with Crippen molar-refractivity contribution in [2.24, 2.45) is 17.8 Å². The molecule has 0 radical (unpaired) electrons. The van der Waals surface area contributed by atoms with Gasteiger partial charge in [0.2, 0.25) is 5.76 Å². The van der Waals surface area contributed by atoms with Crippen LogP contribution in [0, 0.1) is 17.8 Å². The van der Waals surface area contributed by atoms with Crippen LogP contribution >= 0.6 is 0 Å². The first-order valence-electron chi connectivity index (χ1n) is 8.14. The van der Waals surface area contributed by atoms with E-state index in [-0.39, 0.29) is 6.04 Å². The number of rotatable bonds is 6. The van der Waals surface area contributed by atoms with Gasteiger partial charge in [0.1, 0.15) is 5.76 Å². The summed E-state index contributed by atoms with van der Waals surface area (Å²) in [7, 11) is 1.38. The zero-order valence-corrected chi connectivity index (χ0v) is 12.9. The molecule has 4 nitrogen and oxygen atoms in total. The summed E-state index contributed by atoms with van der Waals surface area (Å²) in [5, 5.41) is 3.64. The van der Waals surface area contributed by atoms with Crippen molar-refractivity contribution in [1.29, 1.82) is 0 Å². The van der Waals surface area contributed by atoms with Gasteiger partial charge >= 0.3 is 5.97 Å². The number of hydrogen-bond donors (Lipinski definition) is 1. The summed E-state index contributed by atoms with van der Waals surface area (Å²) < 4.78 is 10.5. The SMILES string of the molecule is CCCNC(c1ccc(C(=O)OC)o1)C1CC2CCC1C2. The molecule has 2 aliphatic carbocycles. The van der Waals surface area contributed by atoms with Crippen LogP contribution in [0.5, 0.6) is 0 Å². The molecule has 4 unspecified atom stereocenters. The lowest BCUT2D eigenvalue weighted by atomic mass is 9.82. The van der Waals surface area contributed by atoms with Crippen LogP contribution in [-0.2, 0) is 4.74 Å². The molecule has 1 aromatic rings. The molecule has 2 bridgehead atoms. The minimum Gasteiger partial charge on any atom is -0.463 e. The maximum atomic E-state index is 11.6. The number of esters is 1. The summed E-state index contributed by atoms with van der Waals surface area (Å²) in [4.78, 5) is 11.6. The molecule has 0 saturated heterocycles. The second-order valence-electron chi connectivity index (χ2n) is 6.46. The summed E-state index contributed by atoms with van der Waals surface area (Å²) in [6.45, 7) is 3.15. The molecule has 0 amide bonds. The normalized spacial score (nSPS) is 28.8. The minimum absolute atomic E-state index is 0.235. The van der Waals surface area contributed by atoms with Crippen molar-refractivity contribution in [2.75, 3.05) is 13.7 Å². The lowest BCUT2D eigenvalue weighted by Crippen LogP contribution is -2.31. The zero-order valence-electron chi connectivity index (χ0n) is 12.9. The maximum Gasteiger partial charge on any atom is 0.373 e. The van der Waals surface area contributed by atoms with Gasteiger partial charge in [-0.15, -0.1) is 0 Å². The van der Waals surface area contributed by atoms with Crippen LogP contribution in [-0.4, -0.2) is 19.6 Å². The number of furan rings is 1. The number of carbonyl (C=O) groups excluding carboxylic acids is 1. The van der Waals surface area contributed by atoms with E-state index in [1.807, 2.05) is 6.07 Å².